The Kier molecular flexibility index (Phi) is 1.36. The van der Waals surface area contributed by atoms with Crippen molar-refractivity contribution < 1.29 is 4.39 Å². The van der Waals surface area contributed by atoms with Crippen LogP contribution in [0.15, 0.2) is 18.5 Å². The van der Waals surface area contributed by atoms with Crippen molar-refractivity contribution in [2.24, 2.45) is 0 Å². The Hall–Kier alpha value is -1.50. The van der Waals surface area contributed by atoms with Gasteiger partial charge in [-0.25, -0.2) is 4.39 Å². The molecule has 1 rings (SSSR count). The third kappa shape index (κ3) is 1.19. The fourth-order valence-electron chi connectivity index (χ4n) is 0.455. The van der Waals surface area contributed by atoms with Gasteiger partial charge in [-0.15, -0.1) is 0 Å². The summed E-state index contributed by atoms with van der Waals surface area (Å²) >= 11 is 0. The highest BCUT2D eigenvalue weighted by Crippen LogP contribution is 2.09. The summed E-state index contributed by atoms with van der Waals surface area (Å²) in [5.41, 5.74) is 0.120. The van der Waals surface area contributed by atoms with Gasteiger partial charge in [0.1, 0.15) is 12.0 Å². The van der Waals surface area contributed by atoms with Crippen molar-refractivity contribution in [3.8, 4) is 0 Å². The molecule has 0 aliphatic rings. The number of hydrogen-bond acceptors (Lipinski definition) is 2. The van der Waals surface area contributed by atoms with Crippen molar-refractivity contribution in [2.75, 3.05) is 0 Å². The Labute approximate surface area is 50.8 Å². The smallest absolute Gasteiger partial charge is 0.253 e. The van der Waals surface area contributed by atoms with Gasteiger partial charge in [-0.3, -0.25) is 4.98 Å². The molecule has 0 fully saturated rings. The number of pyridine rings is 1. The normalized spacial score (nSPS) is 8.44. The summed E-state index contributed by atoms with van der Waals surface area (Å²) in [4.78, 5) is 6.16. The zero-order valence-corrected chi connectivity index (χ0v) is 4.45. The van der Waals surface area contributed by atoms with E-state index in [9.17, 15) is 4.39 Å². The van der Waals surface area contributed by atoms with Crippen molar-refractivity contribution >= 4 is 5.69 Å². The van der Waals surface area contributed by atoms with E-state index in [4.69, 9.17) is 5.39 Å². The predicted molar refractivity (Wildman–Crippen MR) is 28.9 cm³/mol. The van der Waals surface area contributed by atoms with E-state index < -0.39 is 5.82 Å². The third-order valence-corrected chi connectivity index (χ3v) is 0.806. The molecule has 1 aromatic rings. The van der Waals surface area contributed by atoms with E-state index in [0.29, 0.717) is 0 Å². The van der Waals surface area contributed by atoms with E-state index in [0.717, 1.165) is 12.3 Å². The molecule has 9 heavy (non-hydrogen) atoms. The molecular formula is C5H3FN3+. The lowest BCUT2D eigenvalue weighted by atomic mass is 10.4. The van der Waals surface area contributed by atoms with Gasteiger partial charge in [0.15, 0.2) is 4.98 Å². The lowest BCUT2D eigenvalue weighted by Gasteiger charge is -1.76. The zero-order chi connectivity index (χ0) is 6.69. The van der Waals surface area contributed by atoms with E-state index in [1.54, 1.807) is 0 Å². The van der Waals surface area contributed by atoms with Crippen molar-refractivity contribution in [3.63, 3.8) is 0 Å². The highest BCUT2D eigenvalue weighted by atomic mass is 19.1. The average Bonchev–Trinajstić information content (AvgIpc) is 1.88. The minimum absolute atomic E-state index is 0.120. The van der Waals surface area contributed by atoms with E-state index in [1.807, 2.05) is 0 Å². The number of aromatic nitrogens is 1. The molecule has 0 spiro atoms. The highest BCUT2D eigenvalue weighted by molar-refractivity contribution is 5.39. The lowest BCUT2D eigenvalue weighted by molar-refractivity contribution is 0.622. The zero-order valence-electron chi connectivity index (χ0n) is 4.45. The molecule has 0 unspecified atom stereocenters. The van der Waals surface area contributed by atoms with Crippen LogP contribution in [0, 0.1) is 11.2 Å². The Morgan fingerprint density at radius 1 is 1.56 bits per heavy atom. The molecular weight excluding hydrogens is 121 g/mol. The second kappa shape index (κ2) is 2.18. The fraction of sp³-hybridized carbons (Fsp3) is 0. The molecule has 1 heterocycles. The quantitative estimate of drug-likeness (QED) is 0.494. The summed E-state index contributed by atoms with van der Waals surface area (Å²) < 4.78 is 12.1. The first-order chi connectivity index (χ1) is 4.33. The van der Waals surface area contributed by atoms with Gasteiger partial charge in [0.2, 0.25) is 5.39 Å². The van der Waals surface area contributed by atoms with Crippen molar-refractivity contribution in [2.45, 2.75) is 0 Å². The predicted octanol–water partition coefficient (Wildman–Crippen LogP) is 1.71. The van der Waals surface area contributed by atoms with Gasteiger partial charge < -0.3 is 0 Å². The summed E-state index contributed by atoms with van der Waals surface area (Å²) in [7, 11) is 0. The largest absolute Gasteiger partial charge is 0.406 e. The first-order valence-electron chi connectivity index (χ1n) is 2.28. The summed E-state index contributed by atoms with van der Waals surface area (Å²) in [5, 5.41) is 8.08. The van der Waals surface area contributed by atoms with Gasteiger partial charge in [-0.05, 0) is 0 Å². The molecule has 1 aromatic heterocycles. The standard InChI is InChI=1S/C5H3FN3/c6-4-1-5(9-7)3-8-2-4/h1-3H/q+1. The summed E-state index contributed by atoms with van der Waals surface area (Å²) in [6.45, 7) is 0. The van der Waals surface area contributed by atoms with Gasteiger partial charge in [0.05, 0.1) is 12.3 Å². The number of hydrogen-bond donors (Lipinski definition) is 0. The van der Waals surface area contributed by atoms with Crippen molar-refractivity contribution in [1.29, 1.82) is 5.39 Å². The van der Waals surface area contributed by atoms with Crippen LogP contribution in [0.25, 0.3) is 4.98 Å². The first-order valence-corrected chi connectivity index (χ1v) is 2.28. The van der Waals surface area contributed by atoms with Crippen molar-refractivity contribution in [3.05, 3.63) is 29.3 Å². The number of diazo groups is 1. The Bertz CT molecular complexity index is 253. The number of nitrogens with zero attached hydrogens (tertiary/aromatic N) is 3. The minimum atomic E-state index is -0.509. The summed E-state index contributed by atoms with van der Waals surface area (Å²) in [6, 6.07) is 1.08. The molecule has 0 aliphatic heterocycles. The Morgan fingerprint density at radius 2 is 2.33 bits per heavy atom. The van der Waals surface area contributed by atoms with Crippen LogP contribution in [0.2, 0.25) is 0 Å². The van der Waals surface area contributed by atoms with Crippen LogP contribution in [-0.2, 0) is 0 Å². The maximum absolute atomic E-state index is 12.1. The van der Waals surface area contributed by atoms with Gasteiger partial charge in [-0.2, -0.15) is 0 Å². The number of rotatable bonds is 0. The molecule has 0 radical (unpaired) electrons. The molecule has 0 N–H and O–H groups in total. The molecule has 0 aliphatic carbocycles. The maximum atomic E-state index is 12.1. The van der Waals surface area contributed by atoms with Crippen LogP contribution in [0.5, 0.6) is 0 Å². The molecule has 44 valence electrons. The molecule has 0 aromatic carbocycles. The van der Waals surface area contributed by atoms with Crippen LogP contribution < -0.4 is 0 Å². The fourth-order valence-corrected chi connectivity index (χ4v) is 0.455. The molecule has 0 bridgehead atoms. The third-order valence-electron chi connectivity index (χ3n) is 0.806. The van der Waals surface area contributed by atoms with E-state index in [2.05, 4.69) is 9.96 Å². The van der Waals surface area contributed by atoms with Crippen LogP contribution in [0.1, 0.15) is 0 Å². The van der Waals surface area contributed by atoms with Gasteiger partial charge in [0, 0.05) is 0 Å². The molecule has 0 amide bonds. The van der Waals surface area contributed by atoms with E-state index >= 15 is 0 Å². The van der Waals surface area contributed by atoms with Gasteiger partial charge in [-0.1, -0.05) is 0 Å². The molecule has 0 atom stereocenters. The minimum Gasteiger partial charge on any atom is -0.253 e. The van der Waals surface area contributed by atoms with Gasteiger partial charge >= 0.3 is 5.69 Å². The molecule has 0 saturated carbocycles. The molecule has 3 nitrogen and oxygen atoms in total. The van der Waals surface area contributed by atoms with Crippen LogP contribution in [0.4, 0.5) is 10.1 Å². The van der Waals surface area contributed by atoms with Crippen LogP contribution in [-0.4, -0.2) is 4.98 Å². The first kappa shape index (κ1) is 5.63. The highest BCUT2D eigenvalue weighted by Gasteiger charge is 2.03. The molecule has 4 heteroatoms. The van der Waals surface area contributed by atoms with Crippen molar-refractivity contribution in [1.82, 2.24) is 4.98 Å². The second-order valence-electron chi connectivity index (χ2n) is 1.46. The van der Waals surface area contributed by atoms with Crippen LogP contribution >= 0.6 is 0 Å². The van der Waals surface area contributed by atoms with E-state index in [-0.39, 0.29) is 5.69 Å². The number of halogens is 1. The Morgan fingerprint density at radius 3 is 2.78 bits per heavy atom. The maximum Gasteiger partial charge on any atom is 0.406 e. The molecule has 0 saturated heterocycles. The van der Waals surface area contributed by atoms with Gasteiger partial charge in [0.25, 0.3) is 0 Å². The summed E-state index contributed by atoms with van der Waals surface area (Å²) in [5.74, 6) is -0.509. The monoisotopic (exact) mass is 124 g/mol. The van der Waals surface area contributed by atoms with E-state index in [1.165, 1.54) is 6.20 Å². The SMILES string of the molecule is N#[N+]c1cncc(F)c1. The topological polar surface area (TPSA) is 41.0 Å². The lowest BCUT2D eigenvalue weighted by Crippen LogP contribution is -1.73. The summed E-state index contributed by atoms with van der Waals surface area (Å²) in [6.07, 6.45) is 2.29. The van der Waals surface area contributed by atoms with Crippen LogP contribution in [0.3, 0.4) is 0 Å². The average molecular weight is 124 g/mol. The second-order valence-corrected chi connectivity index (χ2v) is 1.46. The Balaban J connectivity index is 3.12.